The number of aliphatic hydroxyl groups excluding tert-OH is 1. The van der Waals surface area contributed by atoms with Gasteiger partial charge in [-0.15, -0.1) is 0 Å². The molecule has 9 nitrogen and oxygen atoms in total. The summed E-state index contributed by atoms with van der Waals surface area (Å²) in [5, 5.41) is 23.7. The van der Waals surface area contributed by atoms with E-state index in [-0.39, 0.29) is 24.4 Å². The number of aliphatic hydroxyl groups is 1. The summed E-state index contributed by atoms with van der Waals surface area (Å²) in [7, 11) is 0. The van der Waals surface area contributed by atoms with Gasteiger partial charge in [-0.25, -0.2) is 4.79 Å². The number of nitro groups is 1. The summed E-state index contributed by atoms with van der Waals surface area (Å²) in [6, 6.07) is 3.19. The van der Waals surface area contributed by atoms with Gasteiger partial charge in [-0.3, -0.25) is 14.9 Å². The van der Waals surface area contributed by atoms with Gasteiger partial charge in [0.05, 0.1) is 17.1 Å². The number of ether oxygens (including phenoxy) is 1. The smallest absolute Gasteiger partial charge is 0.405 e. The van der Waals surface area contributed by atoms with E-state index in [0.29, 0.717) is 0 Å². The number of carbonyl (C=O) groups is 2. The Morgan fingerprint density at radius 3 is 2.56 bits per heavy atom. The number of anilines is 1. The van der Waals surface area contributed by atoms with Crippen LogP contribution in [-0.4, -0.2) is 54.4 Å². The second-order valence-corrected chi connectivity index (χ2v) is 4.61. The minimum atomic E-state index is -4.61. The van der Waals surface area contributed by atoms with E-state index in [1.165, 1.54) is 11.4 Å². The first-order chi connectivity index (χ1) is 11.6. The van der Waals surface area contributed by atoms with E-state index < -0.39 is 41.8 Å². The van der Waals surface area contributed by atoms with Crippen molar-refractivity contribution in [2.24, 2.45) is 0 Å². The number of halogens is 3. The number of nitro benzene ring substituents is 1. The second-order valence-electron chi connectivity index (χ2n) is 4.61. The fourth-order valence-corrected chi connectivity index (χ4v) is 1.62. The molecule has 1 rings (SSSR count). The maximum absolute atomic E-state index is 12.0. The third-order valence-corrected chi connectivity index (χ3v) is 2.68. The fraction of sp³-hybridized carbons (Fsp3) is 0.385. The summed E-state index contributed by atoms with van der Waals surface area (Å²) < 4.78 is 40.4. The molecule has 0 heterocycles. The van der Waals surface area contributed by atoms with Gasteiger partial charge >= 0.3 is 12.1 Å². The van der Waals surface area contributed by atoms with Crippen LogP contribution in [0.3, 0.4) is 0 Å². The Balaban J connectivity index is 2.79. The Morgan fingerprint density at radius 2 is 2.00 bits per heavy atom. The molecule has 0 spiro atoms. The zero-order chi connectivity index (χ0) is 19.0. The predicted octanol–water partition coefficient (Wildman–Crippen LogP) is 0.834. The van der Waals surface area contributed by atoms with Gasteiger partial charge in [0.25, 0.3) is 11.6 Å². The normalized spacial score (nSPS) is 10.9. The number of alkyl halides is 3. The highest BCUT2D eigenvalue weighted by atomic mass is 19.4. The quantitative estimate of drug-likeness (QED) is 0.353. The number of nitrogens with zero attached hydrogens (tertiary/aromatic N) is 1. The highest BCUT2D eigenvalue weighted by molar-refractivity contribution is 5.97. The number of esters is 1. The van der Waals surface area contributed by atoms with E-state index in [9.17, 15) is 32.9 Å². The molecule has 0 aliphatic carbocycles. The van der Waals surface area contributed by atoms with Crippen LogP contribution >= 0.6 is 0 Å². The van der Waals surface area contributed by atoms with Crippen molar-refractivity contribution < 1.29 is 37.5 Å². The van der Waals surface area contributed by atoms with Crippen LogP contribution in [0.2, 0.25) is 0 Å². The Labute approximate surface area is 138 Å². The highest BCUT2D eigenvalue weighted by Crippen LogP contribution is 2.23. The van der Waals surface area contributed by atoms with E-state index in [0.717, 1.165) is 12.1 Å². The van der Waals surface area contributed by atoms with Crippen LogP contribution in [0.1, 0.15) is 10.4 Å². The van der Waals surface area contributed by atoms with Crippen LogP contribution in [0.15, 0.2) is 18.2 Å². The number of hydrogen-bond donors (Lipinski definition) is 3. The lowest BCUT2D eigenvalue weighted by Crippen LogP contribution is -2.36. The number of non-ortho nitro benzene ring substituents is 1. The van der Waals surface area contributed by atoms with Crippen LogP contribution in [0.4, 0.5) is 24.5 Å². The van der Waals surface area contributed by atoms with Gasteiger partial charge in [0.1, 0.15) is 6.54 Å². The molecule has 0 aliphatic rings. The molecule has 0 bridgehead atoms. The lowest BCUT2D eigenvalue weighted by atomic mass is 10.1. The van der Waals surface area contributed by atoms with Gasteiger partial charge < -0.3 is 20.5 Å². The average molecular weight is 365 g/mol. The number of benzene rings is 1. The molecular formula is C13H14F3N3O6. The topological polar surface area (TPSA) is 131 Å². The molecule has 0 aliphatic heterocycles. The highest BCUT2D eigenvalue weighted by Gasteiger charge is 2.28. The first-order valence-corrected chi connectivity index (χ1v) is 6.78. The number of carbonyl (C=O) groups excluding carboxylic acids is 2. The molecule has 12 heteroatoms. The summed E-state index contributed by atoms with van der Waals surface area (Å²) in [4.78, 5) is 33.2. The molecule has 1 aromatic carbocycles. The van der Waals surface area contributed by atoms with E-state index in [4.69, 9.17) is 5.11 Å². The summed E-state index contributed by atoms with van der Waals surface area (Å²) in [6.45, 7) is -2.82. The summed E-state index contributed by atoms with van der Waals surface area (Å²) >= 11 is 0. The number of nitrogens with one attached hydrogen (secondary N) is 2. The number of rotatable bonds is 8. The molecule has 138 valence electrons. The molecule has 1 aromatic rings. The third kappa shape index (κ3) is 7.03. The van der Waals surface area contributed by atoms with Gasteiger partial charge in [0.15, 0.2) is 6.61 Å². The number of hydrogen-bond acceptors (Lipinski definition) is 7. The minimum absolute atomic E-state index is 0.0319. The first-order valence-electron chi connectivity index (χ1n) is 6.78. The van der Waals surface area contributed by atoms with Gasteiger partial charge in [0.2, 0.25) is 0 Å². The van der Waals surface area contributed by atoms with Gasteiger partial charge in [-0.2, -0.15) is 13.2 Å². The SMILES string of the molecule is O=C(COC(=O)c1cc([N+](=O)[O-])ccc1NCCO)NCC(F)(F)F. The van der Waals surface area contributed by atoms with Crippen LogP contribution in [0, 0.1) is 10.1 Å². The lowest BCUT2D eigenvalue weighted by Gasteiger charge is -2.11. The minimum Gasteiger partial charge on any atom is -0.452 e. The zero-order valence-corrected chi connectivity index (χ0v) is 12.6. The van der Waals surface area contributed by atoms with Crippen LogP contribution < -0.4 is 10.6 Å². The van der Waals surface area contributed by atoms with E-state index in [2.05, 4.69) is 10.1 Å². The van der Waals surface area contributed by atoms with Gasteiger partial charge in [-0.1, -0.05) is 0 Å². The van der Waals surface area contributed by atoms with Gasteiger partial charge in [-0.05, 0) is 6.07 Å². The number of amides is 1. The Bertz CT molecular complexity index is 650. The first kappa shape index (κ1) is 20.2. The third-order valence-electron chi connectivity index (χ3n) is 2.68. The van der Waals surface area contributed by atoms with Crippen LogP contribution in [-0.2, 0) is 9.53 Å². The summed E-state index contributed by atoms with van der Waals surface area (Å²) in [6.07, 6.45) is -4.61. The van der Waals surface area contributed by atoms with Crippen molar-refractivity contribution in [1.82, 2.24) is 5.32 Å². The molecule has 0 radical (unpaired) electrons. The molecule has 1 amide bonds. The van der Waals surface area contributed by atoms with Crippen molar-refractivity contribution in [1.29, 1.82) is 0 Å². The standard InChI is InChI=1S/C13H14F3N3O6/c14-13(15,16)7-18-11(21)6-25-12(22)9-5-8(19(23)24)1-2-10(9)17-3-4-20/h1-2,5,17,20H,3-4,6-7H2,(H,18,21). The Kier molecular flexibility index (Phi) is 7.11. The molecule has 0 atom stereocenters. The van der Waals surface area contributed by atoms with Crippen molar-refractivity contribution in [3.8, 4) is 0 Å². The molecule has 25 heavy (non-hydrogen) atoms. The van der Waals surface area contributed by atoms with Crippen molar-refractivity contribution in [2.75, 3.05) is 31.6 Å². The van der Waals surface area contributed by atoms with Crippen molar-refractivity contribution in [3.63, 3.8) is 0 Å². The van der Waals surface area contributed by atoms with Crippen molar-refractivity contribution in [2.45, 2.75) is 6.18 Å². The monoisotopic (exact) mass is 365 g/mol. The van der Waals surface area contributed by atoms with Crippen LogP contribution in [0.25, 0.3) is 0 Å². The van der Waals surface area contributed by atoms with E-state index in [1.807, 2.05) is 0 Å². The Hall–Kier alpha value is -2.89. The summed E-state index contributed by atoms with van der Waals surface area (Å²) in [5.41, 5.74) is -0.630. The maximum Gasteiger partial charge on any atom is 0.405 e. The molecule has 3 N–H and O–H groups in total. The Morgan fingerprint density at radius 1 is 1.32 bits per heavy atom. The maximum atomic E-state index is 12.0. The fourth-order valence-electron chi connectivity index (χ4n) is 1.62. The zero-order valence-electron chi connectivity index (χ0n) is 12.6. The van der Waals surface area contributed by atoms with E-state index in [1.54, 1.807) is 0 Å². The molecule has 0 fully saturated rings. The predicted molar refractivity (Wildman–Crippen MR) is 78.0 cm³/mol. The molecule has 0 saturated carbocycles. The van der Waals surface area contributed by atoms with Gasteiger partial charge in [0, 0.05) is 24.4 Å². The average Bonchev–Trinajstić information content (AvgIpc) is 2.55. The second kappa shape index (κ2) is 8.82. The van der Waals surface area contributed by atoms with Crippen molar-refractivity contribution >= 4 is 23.3 Å². The molecule has 0 saturated heterocycles. The molecular weight excluding hydrogens is 351 g/mol. The molecule has 0 unspecified atom stereocenters. The lowest BCUT2D eigenvalue weighted by molar-refractivity contribution is -0.384. The molecule has 0 aromatic heterocycles. The van der Waals surface area contributed by atoms with E-state index >= 15 is 0 Å². The van der Waals surface area contributed by atoms with Crippen LogP contribution in [0.5, 0.6) is 0 Å². The largest absolute Gasteiger partial charge is 0.452 e. The summed E-state index contributed by atoms with van der Waals surface area (Å²) in [5.74, 6) is -2.33. The van der Waals surface area contributed by atoms with Crippen molar-refractivity contribution in [3.05, 3.63) is 33.9 Å².